The molecule has 0 radical (unpaired) electrons. The van der Waals surface area contributed by atoms with Crippen LogP contribution in [0.1, 0.15) is 29.4 Å². The maximum atomic E-state index is 12.1. The van der Waals surface area contributed by atoms with E-state index in [2.05, 4.69) is 21.4 Å². The monoisotopic (exact) mass is 282 g/mol. The fraction of sp³-hybridized carbons (Fsp3) is 0.312. The van der Waals surface area contributed by atoms with Crippen molar-refractivity contribution in [3.05, 3.63) is 53.6 Å². The van der Waals surface area contributed by atoms with Gasteiger partial charge in [0.15, 0.2) is 0 Å². The van der Waals surface area contributed by atoms with Gasteiger partial charge in [-0.3, -0.25) is 14.8 Å². The molecule has 2 heterocycles. The summed E-state index contributed by atoms with van der Waals surface area (Å²) in [6.45, 7) is 2.51. The number of carbonyl (C=O) groups is 1. The zero-order chi connectivity index (χ0) is 14.8. The highest BCUT2D eigenvalue weighted by molar-refractivity contribution is 5.96. The van der Waals surface area contributed by atoms with E-state index in [0.29, 0.717) is 13.0 Å². The topological polar surface area (TPSA) is 58.1 Å². The number of nitrogens with zero attached hydrogens (tertiary/aromatic N) is 3. The fourth-order valence-corrected chi connectivity index (χ4v) is 2.56. The van der Waals surface area contributed by atoms with Crippen LogP contribution in [-0.2, 0) is 11.3 Å². The van der Waals surface area contributed by atoms with Gasteiger partial charge in [-0.1, -0.05) is 18.2 Å². The van der Waals surface area contributed by atoms with Crippen molar-refractivity contribution in [3.8, 4) is 0 Å². The van der Waals surface area contributed by atoms with Crippen LogP contribution in [0.25, 0.3) is 0 Å². The van der Waals surface area contributed by atoms with Gasteiger partial charge in [0.2, 0.25) is 5.91 Å². The van der Waals surface area contributed by atoms with E-state index in [9.17, 15) is 4.79 Å². The standard InChI is InChI=1S/C16H18N4O/c1-11-8-18-12(9-17-11)10-19-14-7-16(21)20(2)15-6-4-3-5-13(14)15/h3-6,8-9,14,19H,7,10H2,1-2H3. The van der Waals surface area contributed by atoms with Crippen LogP contribution in [0.3, 0.4) is 0 Å². The lowest BCUT2D eigenvalue weighted by Gasteiger charge is -2.32. The lowest BCUT2D eigenvalue weighted by Crippen LogP contribution is -2.37. The van der Waals surface area contributed by atoms with Gasteiger partial charge in [-0.25, -0.2) is 0 Å². The number of hydrogen-bond acceptors (Lipinski definition) is 4. The second kappa shape index (κ2) is 5.61. The van der Waals surface area contributed by atoms with Gasteiger partial charge < -0.3 is 10.2 Å². The number of carbonyl (C=O) groups excluding carboxylic acids is 1. The van der Waals surface area contributed by atoms with Crippen molar-refractivity contribution in [3.63, 3.8) is 0 Å². The van der Waals surface area contributed by atoms with Crippen LogP contribution in [0.2, 0.25) is 0 Å². The number of para-hydroxylation sites is 1. The molecule has 1 amide bonds. The molecule has 0 spiro atoms. The first-order valence-electron chi connectivity index (χ1n) is 7.01. The molecule has 108 valence electrons. The highest BCUT2D eigenvalue weighted by atomic mass is 16.2. The quantitative estimate of drug-likeness (QED) is 0.935. The molecule has 0 aliphatic carbocycles. The summed E-state index contributed by atoms with van der Waals surface area (Å²) < 4.78 is 0. The molecule has 0 saturated carbocycles. The van der Waals surface area contributed by atoms with Crippen molar-refractivity contribution in [2.45, 2.75) is 25.9 Å². The lowest BCUT2D eigenvalue weighted by molar-refractivity contribution is -0.119. The van der Waals surface area contributed by atoms with Gasteiger partial charge in [-0.2, -0.15) is 0 Å². The Morgan fingerprint density at radius 2 is 2.10 bits per heavy atom. The van der Waals surface area contributed by atoms with E-state index in [1.807, 2.05) is 32.2 Å². The molecule has 21 heavy (non-hydrogen) atoms. The van der Waals surface area contributed by atoms with Gasteiger partial charge in [0.1, 0.15) is 0 Å². The summed E-state index contributed by atoms with van der Waals surface area (Å²) in [5, 5.41) is 3.41. The van der Waals surface area contributed by atoms with Crippen LogP contribution < -0.4 is 10.2 Å². The predicted octanol–water partition coefficient (Wildman–Crippen LogP) is 1.98. The van der Waals surface area contributed by atoms with Crippen LogP contribution in [0.15, 0.2) is 36.7 Å². The minimum Gasteiger partial charge on any atom is -0.315 e. The Labute approximate surface area is 124 Å². The molecule has 2 aromatic rings. The first-order chi connectivity index (χ1) is 10.1. The maximum Gasteiger partial charge on any atom is 0.228 e. The SMILES string of the molecule is Cc1cnc(CNC2CC(=O)N(C)c3ccccc32)cn1. The third kappa shape index (κ3) is 2.78. The summed E-state index contributed by atoms with van der Waals surface area (Å²) in [4.78, 5) is 22.4. The van der Waals surface area contributed by atoms with Crippen LogP contribution in [0, 0.1) is 6.92 Å². The van der Waals surface area contributed by atoms with Gasteiger partial charge in [-0.15, -0.1) is 0 Å². The maximum absolute atomic E-state index is 12.1. The van der Waals surface area contributed by atoms with Gasteiger partial charge in [0, 0.05) is 44.1 Å². The van der Waals surface area contributed by atoms with E-state index in [1.54, 1.807) is 17.3 Å². The summed E-state index contributed by atoms with van der Waals surface area (Å²) in [5.74, 6) is 0.126. The van der Waals surface area contributed by atoms with E-state index in [4.69, 9.17) is 0 Å². The smallest absolute Gasteiger partial charge is 0.228 e. The summed E-state index contributed by atoms with van der Waals surface area (Å²) >= 11 is 0. The summed E-state index contributed by atoms with van der Waals surface area (Å²) in [5.41, 5.74) is 3.91. The van der Waals surface area contributed by atoms with Crippen LogP contribution in [-0.4, -0.2) is 22.9 Å². The Balaban J connectivity index is 1.78. The van der Waals surface area contributed by atoms with Crippen LogP contribution >= 0.6 is 0 Å². The number of nitrogens with one attached hydrogen (secondary N) is 1. The second-order valence-corrected chi connectivity index (χ2v) is 5.30. The Morgan fingerprint density at radius 3 is 2.86 bits per heavy atom. The average Bonchev–Trinajstić information content (AvgIpc) is 2.51. The Hall–Kier alpha value is -2.27. The van der Waals surface area contributed by atoms with E-state index in [0.717, 1.165) is 22.6 Å². The Morgan fingerprint density at radius 1 is 1.29 bits per heavy atom. The molecule has 1 aromatic heterocycles. The van der Waals surface area contributed by atoms with Crippen LogP contribution in [0.5, 0.6) is 0 Å². The third-order valence-electron chi connectivity index (χ3n) is 3.79. The van der Waals surface area contributed by atoms with E-state index < -0.39 is 0 Å². The predicted molar refractivity (Wildman–Crippen MR) is 80.8 cm³/mol. The van der Waals surface area contributed by atoms with Crippen molar-refractivity contribution in [1.82, 2.24) is 15.3 Å². The molecular formula is C16H18N4O. The molecule has 1 aromatic carbocycles. The lowest BCUT2D eigenvalue weighted by atomic mass is 9.96. The van der Waals surface area contributed by atoms with Crippen molar-refractivity contribution >= 4 is 11.6 Å². The first-order valence-corrected chi connectivity index (χ1v) is 7.01. The van der Waals surface area contributed by atoms with E-state index >= 15 is 0 Å². The van der Waals surface area contributed by atoms with Crippen molar-refractivity contribution in [2.24, 2.45) is 0 Å². The van der Waals surface area contributed by atoms with Crippen molar-refractivity contribution in [1.29, 1.82) is 0 Å². The zero-order valence-corrected chi connectivity index (χ0v) is 12.2. The van der Waals surface area contributed by atoms with E-state index in [-0.39, 0.29) is 11.9 Å². The van der Waals surface area contributed by atoms with E-state index in [1.165, 1.54) is 0 Å². The number of benzene rings is 1. The van der Waals surface area contributed by atoms with Gasteiger partial charge in [0.25, 0.3) is 0 Å². The molecule has 0 fully saturated rings. The highest BCUT2D eigenvalue weighted by Crippen LogP contribution is 2.33. The molecule has 0 saturated heterocycles. The summed E-state index contributed by atoms with van der Waals surface area (Å²) in [7, 11) is 1.82. The molecular weight excluding hydrogens is 264 g/mol. The van der Waals surface area contributed by atoms with Crippen molar-refractivity contribution in [2.75, 3.05) is 11.9 Å². The number of rotatable bonds is 3. The normalized spacial score (nSPS) is 17.7. The molecule has 3 rings (SSSR count). The molecule has 5 nitrogen and oxygen atoms in total. The number of anilines is 1. The minimum atomic E-state index is 0.0213. The summed E-state index contributed by atoms with van der Waals surface area (Å²) in [6, 6.07) is 8.02. The number of fused-ring (bicyclic) bond motifs is 1. The molecule has 1 unspecified atom stereocenters. The molecule has 0 bridgehead atoms. The number of amides is 1. The Bertz CT molecular complexity index is 654. The molecule has 1 N–H and O–H groups in total. The van der Waals surface area contributed by atoms with Gasteiger partial charge >= 0.3 is 0 Å². The average molecular weight is 282 g/mol. The van der Waals surface area contributed by atoms with Gasteiger partial charge in [-0.05, 0) is 18.6 Å². The largest absolute Gasteiger partial charge is 0.315 e. The first kappa shape index (κ1) is 13.7. The minimum absolute atomic E-state index is 0.0213. The van der Waals surface area contributed by atoms with Gasteiger partial charge in [0.05, 0.1) is 11.4 Å². The Kier molecular flexibility index (Phi) is 3.66. The second-order valence-electron chi connectivity index (χ2n) is 5.30. The van der Waals surface area contributed by atoms with Crippen molar-refractivity contribution < 1.29 is 4.79 Å². The fourth-order valence-electron chi connectivity index (χ4n) is 2.56. The molecule has 5 heteroatoms. The van der Waals surface area contributed by atoms with Crippen LogP contribution in [0.4, 0.5) is 5.69 Å². The number of aryl methyl sites for hydroxylation is 1. The molecule has 1 atom stereocenters. The third-order valence-corrected chi connectivity index (χ3v) is 3.79. The zero-order valence-electron chi connectivity index (χ0n) is 12.2. The number of hydrogen-bond donors (Lipinski definition) is 1. The number of aromatic nitrogens is 2. The summed E-state index contributed by atoms with van der Waals surface area (Å²) in [6.07, 6.45) is 3.99. The molecule has 1 aliphatic rings. The highest BCUT2D eigenvalue weighted by Gasteiger charge is 2.28. The molecule has 1 aliphatic heterocycles.